The number of nitrogens with zero attached hydrogens (tertiary/aromatic N) is 2. The molecule has 1 atom stereocenters. The minimum absolute atomic E-state index is 0. The van der Waals surface area contributed by atoms with Gasteiger partial charge in [-0.25, -0.2) is 0 Å². The van der Waals surface area contributed by atoms with Gasteiger partial charge in [0, 0.05) is 79.2 Å². The molecular weight excluding hydrogens is 598 g/mol. The third-order valence-electron chi connectivity index (χ3n) is 1.67. The maximum Gasteiger partial charge on any atom is 0 e. The molecule has 1 aliphatic rings. The van der Waals surface area contributed by atoms with Gasteiger partial charge in [-0.15, -0.1) is 12.6 Å². The van der Waals surface area contributed by atoms with E-state index in [4.69, 9.17) is 0 Å². The van der Waals surface area contributed by atoms with Crippen LogP contribution in [0, 0.1) is 5.41 Å². The van der Waals surface area contributed by atoms with Gasteiger partial charge in [0.05, 0.1) is 0 Å². The molecule has 2 radical (unpaired) electrons. The topological polar surface area (TPSA) is 45.3 Å². The molecule has 0 spiro atoms. The van der Waals surface area contributed by atoms with E-state index >= 15 is 0 Å². The van der Waals surface area contributed by atoms with Gasteiger partial charge in [-0.3, -0.25) is 0 Å². The first-order valence-corrected chi connectivity index (χ1v) is 3.42. The van der Waals surface area contributed by atoms with Crippen molar-refractivity contribution in [3.63, 3.8) is 0 Å². The molecule has 0 N–H and O–H groups in total. The van der Waals surface area contributed by atoms with Crippen LogP contribution < -0.4 is 0 Å². The molecule has 0 aliphatic carbocycles. The van der Waals surface area contributed by atoms with Crippen LogP contribution in [0.4, 0.5) is 4.79 Å². The maximum atomic E-state index is 10.6. The van der Waals surface area contributed by atoms with E-state index in [0.717, 1.165) is 0 Å². The molecule has 1 rings (SSSR count). The van der Waals surface area contributed by atoms with E-state index in [2.05, 4.69) is 31.4 Å². The Morgan fingerprint density at radius 3 is 1.79 bits per heavy atom. The Balaban J connectivity index is -0.000000125. The van der Waals surface area contributed by atoms with Crippen molar-refractivity contribution in [3.05, 3.63) is 10.6 Å². The fourth-order valence-electron chi connectivity index (χ4n) is 0.847. The molecule has 1 aliphatic heterocycles. The van der Waals surface area contributed by atoms with E-state index in [1.54, 1.807) is 0 Å². The van der Waals surface area contributed by atoms with Crippen LogP contribution in [0.1, 0.15) is 20.8 Å². The summed E-state index contributed by atoms with van der Waals surface area (Å²) in [4.78, 5) is 10.6. The van der Waals surface area contributed by atoms with Crippen LogP contribution in [0.25, 0.3) is 10.6 Å². The first-order chi connectivity index (χ1) is 4.50. The summed E-state index contributed by atoms with van der Waals surface area (Å²) in [6, 6.07) is -0.195. The molecule has 1 fully saturated rings. The Kier molecular flexibility index (Phi) is 17.8. The van der Waals surface area contributed by atoms with Crippen LogP contribution in [0.2, 0.25) is 0 Å². The molecule has 0 bridgehead atoms. The molecule has 3 nitrogen and oxygen atoms in total. The van der Waals surface area contributed by atoms with Crippen molar-refractivity contribution < 1.29 is 84.0 Å². The van der Waals surface area contributed by atoms with Gasteiger partial charge in [0.2, 0.25) is 0 Å². The van der Waals surface area contributed by atoms with Crippen molar-refractivity contribution in [1.82, 2.24) is 0 Å². The molecule has 0 aromatic rings. The normalized spacial score (nSPS) is 18.5. The summed E-state index contributed by atoms with van der Waals surface area (Å²) in [5.74, 6) is 0. The first kappa shape index (κ1) is 24.9. The summed E-state index contributed by atoms with van der Waals surface area (Å²) >= 11 is 0. The Morgan fingerprint density at radius 1 is 1.21 bits per heavy atom. The average Bonchev–Trinajstić information content (AvgIpc) is 2.11. The number of amides is 2. The Hall–Kier alpha value is 1.82. The second kappa shape index (κ2) is 10.0. The summed E-state index contributed by atoms with van der Waals surface area (Å²) in [7, 11) is 0. The number of carbonyl (C=O) groups excluding carboxylic acids is 1. The third-order valence-corrected chi connectivity index (χ3v) is 1.67. The van der Waals surface area contributed by atoms with Gasteiger partial charge < -0.3 is 15.4 Å². The second-order valence-electron chi connectivity index (χ2n) is 3.63. The molecule has 7 heteroatoms. The van der Waals surface area contributed by atoms with Crippen molar-refractivity contribution in [2.24, 2.45) is 5.41 Å². The predicted molar refractivity (Wildman–Crippen MR) is 40.2 cm³/mol. The molecule has 14 heavy (non-hydrogen) atoms. The van der Waals surface area contributed by atoms with Crippen molar-refractivity contribution >= 4 is 6.03 Å². The number of carbonyl (C=O) groups is 1. The molecule has 2 amide bonds. The van der Waals surface area contributed by atoms with Crippen LogP contribution >= 0.6 is 0 Å². The van der Waals surface area contributed by atoms with Crippen LogP contribution in [-0.4, -0.2) is 18.6 Å². The number of rotatable bonds is 0. The third kappa shape index (κ3) is 8.02. The molecule has 1 saturated heterocycles. The zero-order valence-electron chi connectivity index (χ0n) is 8.30. The van der Waals surface area contributed by atoms with Crippen LogP contribution in [0.3, 0.4) is 0 Å². The minimum atomic E-state index is -0.292. The Bertz CT molecular complexity index is 164. The maximum absolute atomic E-state index is 10.6. The largest absolute Gasteiger partial charge is 0.671 e. The number of urea groups is 1. The molecule has 0 saturated carbocycles. The van der Waals surface area contributed by atoms with E-state index in [1.165, 1.54) is 0 Å². The SMILES string of the molecule is CC(C)(C)C1C[N-]C(=O)[N-]1.[V].[V].[W].[W]. The summed E-state index contributed by atoms with van der Waals surface area (Å²) in [5, 5.41) is 7.53. The van der Waals surface area contributed by atoms with Gasteiger partial charge in [-0.05, 0) is 6.03 Å². The zero-order valence-corrected chi connectivity index (χ0v) is 17.0. The number of hydrogen-bond donors (Lipinski definition) is 0. The smallest absolute Gasteiger partial charge is 0 e. The van der Waals surface area contributed by atoms with Gasteiger partial charge >= 0.3 is 0 Å². The molecule has 1 heterocycles. The quantitative estimate of drug-likeness (QED) is 0.416. The molecule has 1 unspecified atom stereocenters. The van der Waals surface area contributed by atoms with Gasteiger partial charge in [-0.2, -0.15) is 0 Å². The summed E-state index contributed by atoms with van der Waals surface area (Å²) in [6.45, 7) is 6.77. The molecule has 0 aromatic carbocycles. The van der Waals surface area contributed by atoms with E-state index in [9.17, 15) is 4.79 Å². The predicted octanol–water partition coefficient (Wildman–Crippen LogP) is 2.27. The summed E-state index contributed by atoms with van der Waals surface area (Å²) < 4.78 is 0. The molecule has 80 valence electrons. The van der Waals surface area contributed by atoms with Crippen LogP contribution in [0.15, 0.2) is 0 Å². The van der Waals surface area contributed by atoms with Crippen molar-refractivity contribution in [2.75, 3.05) is 6.54 Å². The summed E-state index contributed by atoms with van der Waals surface area (Å²) in [6.07, 6.45) is 0. The second-order valence-corrected chi connectivity index (χ2v) is 3.63. The van der Waals surface area contributed by atoms with Gasteiger partial charge in [0.1, 0.15) is 0 Å². The monoisotopic (exact) mass is 610 g/mol. The Morgan fingerprint density at radius 2 is 1.64 bits per heavy atom. The fraction of sp³-hybridized carbons (Fsp3) is 0.857. The number of hydrogen-bond acceptors (Lipinski definition) is 1. The Labute approximate surface area is 138 Å². The van der Waals surface area contributed by atoms with Gasteiger partial charge in [-0.1, -0.05) is 26.2 Å². The van der Waals surface area contributed by atoms with E-state index < -0.39 is 0 Å². The fourth-order valence-corrected chi connectivity index (χ4v) is 0.847. The first-order valence-electron chi connectivity index (χ1n) is 3.42. The van der Waals surface area contributed by atoms with Crippen LogP contribution in [-0.2, 0) is 79.2 Å². The standard InChI is InChI=1S/C7H13N2O.2V.2W/c1-7(2,3)5-4-8-6(10)9-5;;;;/h5H,4H2,1-3H3,(H-,8,9,10);;;;/q-1;;;;/p-1. The molecule has 0 aromatic heterocycles. The van der Waals surface area contributed by atoms with Gasteiger partial charge in [0.25, 0.3) is 0 Å². The zero-order chi connectivity index (χ0) is 7.78. The van der Waals surface area contributed by atoms with Gasteiger partial charge in [0.15, 0.2) is 0 Å². The van der Waals surface area contributed by atoms with Crippen LogP contribution in [0.5, 0.6) is 0 Å². The van der Waals surface area contributed by atoms with Crippen molar-refractivity contribution in [2.45, 2.75) is 26.8 Å². The summed E-state index contributed by atoms with van der Waals surface area (Å²) in [5.41, 5.74) is 0.0790. The average molecular weight is 610 g/mol. The molecular formula is C7H12N2OV2W2-2. The minimum Gasteiger partial charge on any atom is -0.671 e. The van der Waals surface area contributed by atoms with E-state index in [-0.39, 0.29) is 96.7 Å². The van der Waals surface area contributed by atoms with E-state index in [0.29, 0.717) is 6.54 Å². The van der Waals surface area contributed by atoms with E-state index in [1.807, 2.05) is 0 Å². The van der Waals surface area contributed by atoms with Crippen molar-refractivity contribution in [1.29, 1.82) is 0 Å². The van der Waals surface area contributed by atoms with Crippen molar-refractivity contribution in [3.8, 4) is 0 Å².